The number of nitrogens with one attached hydrogen (secondary N) is 2. The minimum Gasteiger partial charge on any atom is -0.326 e. The number of aliphatic imine (C=N–C) groups is 1. The predicted octanol–water partition coefficient (Wildman–Crippen LogP) is 4.77. The summed E-state index contributed by atoms with van der Waals surface area (Å²) in [6.45, 7) is 8.45. The maximum atomic E-state index is 12.9. The Balaban J connectivity index is 1.88. The maximum absolute atomic E-state index is 12.9. The molecule has 2 aromatic carbocycles. The molecule has 1 amide bonds. The number of thioether (sulfide) groups is 1. The fourth-order valence-electron chi connectivity index (χ4n) is 3.21. The standard InChI is InChI=1S/C24H29N5OS/c1-15-10-11-19(12-16(15)2)23(30)27-24(26-20-8-7-9-21(13-20)31-6)25-14-22-17(3)28-29(5)18(22)4/h7-13H,14H2,1-6H3,(H2,25,26,27,30). The van der Waals surface area contributed by atoms with Crippen LogP contribution in [0.4, 0.5) is 5.69 Å². The van der Waals surface area contributed by atoms with Crippen LogP contribution in [0.15, 0.2) is 52.4 Å². The van der Waals surface area contributed by atoms with Crippen molar-refractivity contribution in [1.82, 2.24) is 15.1 Å². The molecular formula is C24H29N5OS. The summed E-state index contributed by atoms with van der Waals surface area (Å²) in [5.41, 5.74) is 6.75. The first-order valence-corrected chi connectivity index (χ1v) is 11.3. The molecule has 6 nitrogen and oxygen atoms in total. The Hall–Kier alpha value is -3.06. The Kier molecular flexibility index (Phi) is 7.17. The van der Waals surface area contributed by atoms with E-state index in [1.165, 1.54) is 0 Å². The zero-order chi connectivity index (χ0) is 22.5. The molecule has 0 unspecified atom stereocenters. The van der Waals surface area contributed by atoms with Crippen LogP contribution < -0.4 is 10.6 Å². The molecule has 162 valence electrons. The van der Waals surface area contributed by atoms with Crippen molar-refractivity contribution in [3.8, 4) is 0 Å². The molecule has 0 radical (unpaired) electrons. The topological polar surface area (TPSA) is 71.3 Å². The first-order chi connectivity index (χ1) is 14.8. The van der Waals surface area contributed by atoms with Gasteiger partial charge >= 0.3 is 0 Å². The van der Waals surface area contributed by atoms with E-state index >= 15 is 0 Å². The molecule has 0 saturated heterocycles. The van der Waals surface area contributed by atoms with Crippen LogP contribution in [-0.4, -0.2) is 27.9 Å². The van der Waals surface area contributed by atoms with E-state index in [0.29, 0.717) is 18.1 Å². The second-order valence-electron chi connectivity index (χ2n) is 7.55. The van der Waals surface area contributed by atoms with E-state index < -0.39 is 0 Å². The Labute approximate surface area is 188 Å². The Morgan fingerprint density at radius 2 is 1.87 bits per heavy atom. The average molecular weight is 436 g/mol. The molecule has 0 spiro atoms. The van der Waals surface area contributed by atoms with Crippen molar-refractivity contribution in [2.75, 3.05) is 11.6 Å². The summed E-state index contributed by atoms with van der Waals surface area (Å²) in [5, 5.41) is 10.7. The summed E-state index contributed by atoms with van der Waals surface area (Å²) in [4.78, 5) is 18.8. The fraction of sp³-hybridized carbons (Fsp3) is 0.292. The third kappa shape index (κ3) is 5.55. The Bertz CT molecular complexity index is 1130. The summed E-state index contributed by atoms with van der Waals surface area (Å²) < 4.78 is 1.85. The number of carbonyl (C=O) groups excluding carboxylic acids is 1. The van der Waals surface area contributed by atoms with Gasteiger partial charge in [0.15, 0.2) is 0 Å². The smallest absolute Gasteiger partial charge is 0.257 e. The van der Waals surface area contributed by atoms with Crippen LogP contribution >= 0.6 is 11.8 Å². The quantitative estimate of drug-likeness (QED) is 0.344. The van der Waals surface area contributed by atoms with Gasteiger partial charge in [0.2, 0.25) is 5.96 Å². The third-order valence-corrected chi connectivity index (χ3v) is 6.11. The van der Waals surface area contributed by atoms with Crippen molar-refractivity contribution in [3.05, 3.63) is 76.1 Å². The van der Waals surface area contributed by atoms with Crippen molar-refractivity contribution in [2.45, 2.75) is 39.1 Å². The van der Waals surface area contributed by atoms with Gasteiger partial charge in [0, 0.05) is 34.5 Å². The molecule has 0 atom stereocenters. The van der Waals surface area contributed by atoms with Crippen molar-refractivity contribution in [3.63, 3.8) is 0 Å². The lowest BCUT2D eigenvalue weighted by atomic mass is 10.1. The van der Waals surface area contributed by atoms with E-state index in [4.69, 9.17) is 4.99 Å². The SMILES string of the molecule is CSc1cccc(NC(=NCc2c(C)nn(C)c2C)NC(=O)c2ccc(C)c(C)c2)c1. The van der Waals surface area contributed by atoms with Crippen LogP contribution in [-0.2, 0) is 13.6 Å². The van der Waals surface area contributed by atoms with E-state index in [-0.39, 0.29) is 5.91 Å². The minimum absolute atomic E-state index is 0.199. The van der Waals surface area contributed by atoms with Crippen molar-refractivity contribution >= 4 is 29.3 Å². The largest absolute Gasteiger partial charge is 0.326 e. The van der Waals surface area contributed by atoms with Gasteiger partial charge < -0.3 is 5.32 Å². The molecule has 0 aliphatic rings. The van der Waals surface area contributed by atoms with E-state index in [2.05, 4.69) is 15.7 Å². The molecule has 3 aromatic rings. The van der Waals surface area contributed by atoms with Crippen LogP contribution in [0.2, 0.25) is 0 Å². The lowest BCUT2D eigenvalue weighted by Gasteiger charge is -2.13. The van der Waals surface area contributed by atoms with Gasteiger partial charge in [-0.2, -0.15) is 5.10 Å². The van der Waals surface area contributed by atoms with Gasteiger partial charge in [0.25, 0.3) is 5.91 Å². The van der Waals surface area contributed by atoms with Crippen LogP contribution in [0, 0.1) is 27.7 Å². The first kappa shape index (κ1) is 22.6. The number of guanidine groups is 1. The first-order valence-electron chi connectivity index (χ1n) is 10.1. The lowest BCUT2D eigenvalue weighted by molar-refractivity contribution is 0.0977. The number of anilines is 1. The summed E-state index contributed by atoms with van der Waals surface area (Å²) in [6.07, 6.45) is 2.03. The number of carbonyl (C=O) groups is 1. The van der Waals surface area contributed by atoms with Crippen LogP contribution in [0.1, 0.15) is 38.4 Å². The van der Waals surface area contributed by atoms with Gasteiger partial charge in [-0.15, -0.1) is 11.8 Å². The average Bonchev–Trinajstić information content (AvgIpc) is 2.99. The predicted molar refractivity (Wildman–Crippen MR) is 129 cm³/mol. The number of hydrogen-bond acceptors (Lipinski definition) is 4. The van der Waals surface area contributed by atoms with E-state index in [1.54, 1.807) is 11.8 Å². The molecule has 0 aliphatic heterocycles. The number of aryl methyl sites for hydroxylation is 4. The van der Waals surface area contributed by atoms with Gasteiger partial charge in [-0.05, 0) is 75.4 Å². The number of amides is 1. The summed E-state index contributed by atoms with van der Waals surface area (Å²) in [7, 11) is 1.92. The zero-order valence-electron chi connectivity index (χ0n) is 18.9. The zero-order valence-corrected chi connectivity index (χ0v) is 19.7. The second kappa shape index (κ2) is 9.83. The highest BCUT2D eigenvalue weighted by molar-refractivity contribution is 7.98. The number of hydrogen-bond donors (Lipinski definition) is 2. The van der Waals surface area contributed by atoms with Crippen LogP contribution in [0.3, 0.4) is 0 Å². The summed E-state index contributed by atoms with van der Waals surface area (Å²) in [5.74, 6) is 0.208. The van der Waals surface area contributed by atoms with Crippen molar-refractivity contribution in [1.29, 1.82) is 0 Å². The van der Waals surface area contributed by atoms with Gasteiger partial charge in [0.1, 0.15) is 0 Å². The molecular weight excluding hydrogens is 406 g/mol. The highest BCUT2D eigenvalue weighted by Gasteiger charge is 2.13. The summed E-state index contributed by atoms with van der Waals surface area (Å²) >= 11 is 1.66. The number of benzene rings is 2. The van der Waals surface area contributed by atoms with Gasteiger partial charge in [0.05, 0.1) is 12.2 Å². The Morgan fingerprint density at radius 1 is 1.10 bits per heavy atom. The molecule has 0 aliphatic carbocycles. The van der Waals surface area contributed by atoms with Crippen molar-refractivity contribution in [2.24, 2.45) is 12.0 Å². The number of rotatable bonds is 5. The van der Waals surface area contributed by atoms with E-state index in [0.717, 1.165) is 38.7 Å². The molecule has 0 saturated carbocycles. The Morgan fingerprint density at radius 3 is 2.52 bits per heavy atom. The fourth-order valence-corrected chi connectivity index (χ4v) is 3.67. The normalized spacial score (nSPS) is 11.5. The van der Waals surface area contributed by atoms with E-state index in [1.807, 2.05) is 88.1 Å². The lowest BCUT2D eigenvalue weighted by Crippen LogP contribution is -2.36. The highest BCUT2D eigenvalue weighted by Crippen LogP contribution is 2.19. The third-order valence-electron chi connectivity index (χ3n) is 5.39. The molecule has 0 fully saturated rings. The molecule has 1 aromatic heterocycles. The molecule has 1 heterocycles. The molecule has 7 heteroatoms. The van der Waals surface area contributed by atoms with Gasteiger partial charge in [-0.3, -0.25) is 14.8 Å². The highest BCUT2D eigenvalue weighted by atomic mass is 32.2. The van der Waals surface area contributed by atoms with Gasteiger partial charge in [-0.25, -0.2) is 4.99 Å². The summed E-state index contributed by atoms with van der Waals surface area (Å²) in [6, 6.07) is 13.7. The number of aromatic nitrogens is 2. The van der Waals surface area contributed by atoms with Crippen LogP contribution in [0.5, 0.6) is 0 Å². The maximum Gasteiger partial charge on any atom is 0.257 e. The second-order valence-corrected chi connectivity index (χ2v) is 8.43. The van der Waals surface area contributed by atoms with Crippen molar-refractivity contribution < 1.29 is 4.79 Å². The minimum atomic E-state index is -0.199. The van der Waals surface area contributed by atoms with Gasteiger partial charge in [-0.1, -0.05) is 12.1 Å². The molecule has 0 bridgehead atoms. The number of nitrogens with zero attached hydrogens (tertiary/aromatic N) is 3. The molecule has 3 rings (SSSR count). The molecule has 2 N–H and O–H groups in total. The molecule has 31 heavy (non-hydrogen) atoms. The monoisotopic (exact) mass is 435 g/mol. The van der Waals surface area contributed by atoms with Crippen LogP contribution in [0.25, 0.3) is 0 Å². The van der Waals surface area contributed by atoms with E-state index in [9.17, 15) is 4.79 Å².